The Morgan fingerprint density at radius 2 is 2.05 bits per heavy atom. The fraction of sp³-hybridized carbons (Fsp3) is 0.538. The first-order valence-corrected chi connectivity index (χ1v) is 6.96. The normalized spacial score (nSPS) is 14.0. The Balaban J connectivity index is 1.91. The molecule has 0 bridgehead atoms. The van der Waals surface area contributed by atoms with Gasteiger partial charge in [-0.05, 0) is 12.8 Å². The highest BCUT2D eigenvalue weighted by atomic mass is 16.6. The lowest BCUT2D eigenvalue weighted by atomic mass is 10.3. The predicted octanol–water partition coefficient (Wildman–Crippen LogP) is 1.46. The van der Waals surface area contributed by atoms with E-state index < -0.39 is 4.92 Å². The van der Waals surface area contributed by atoms with Crippen LogP contribution >= 0.6 is 0 Å². The number of nitrogens with zero attached hydrogens (tertiary/aromatic N) is 3. The molecule has 0 aliphatic carbocycles. The van der Waals surface area contributed by atoms with Crippen LogP contribution in [0.2, 0.25) is 0 Å². The van der Waals surface area contributed by atoms with Gasteiger partial charge in [-0.1, -0.05) is 0 Å². The fourth-order valence-corrected chi connectivity index (χ4v) is 2.26. The van der Waals surface area contributed by atoms with Crippen molar-refractivity contribution < 1.29 is 9.72 Å². The highest BCUT2D eigenvalue weighted by Crippen LogP contribution is 2.20. The molecule has 1 aromatic rings. The SMILES string of the molecule is CNc1cc([N+](=O)[O-])cc(NCCC(=O)N2CCCC2)n1. The van der Waals surface area contributed by atoms with Crippen LogP contribution < -0.4 is 10.6 Å². The summed E-state index contributed by atoms with van der Waals surface area (Å²) in [6.45, 7) is 2.07. The number of nitrogens with one attached hydrogen (secondary N) is 2. The molecule has 0 atom stereocenters. The maximum Gasteiger partial charge on any atom is 0.276 e. The molecule has 2 heterocycles. The average Bonchev–Trinajstić information content (AvgIpc) is 3.01. The Bertz CT molecular complexity index is 529. The number of rotatable bonds is 6. The molecular formula is C13H19N5O3. The van der Waals surface area contributed by atoms with E-state index in [1.165, 1.54) is 12.1 Å². The Kier molecular flexibility index (Phi) is 4.91. The van der Waals surface area contributed by atoms with Crippen LogP contribution in [0.3, 0.4) is 0 Å². The zero-order valence-electron chi connectivity index (χ0n) is 12.0. The zero-order chi connectivity index (χ0) is 15.2. The van der Waals surface area contributed by atoms with Crippen molar-refractivity contribution in [2.45, 2.75) is 19.3 Å². The molecule has 1 aliphatic rings. The van der Waals surface area contributed by atoms with Crippen LogP contribution in [0.4, 0.5) is 17.3 Å². The third kappa shape index (κ3) is 4.04. The number of aromatic nitrogens is 1. The number of hydrogen-bond acceptors (Lipinski definition) is 6. The Morgan fingerprint density at radius 1 is 1.38 bits per heavy atom. The lowest BCUT2D eigenvalue weighted by Gasteiger charge is -2.15. The van der Waals surface area contributed by atoms with Gasteiger partial charge >= 0.3 is 0 Å². The van der Waals surface area contributed by atoms with E-state index >= 15 is 0 Å². The molecule has 2 rings (SSSR count). The van der Waals surface area contributed by atoms with Crippen molar-refractivity contribution >= 4 is 23.2 Å². The third-order valence-corrected chi connectivity index (χ3v) is 3.38. The molecule has 21 heavy (non-hydrogen) atoms. The predicted molar refractivity (Wildman–Crippen MR) is 79.4 cm³/mol. The molecule has 8 heteroatoms. The summed E-state index contributed by atoms with van der Waals surface area (Å²) in [7, 11) is 1.65. The first-order chi connectivity index (χ1) is 10.1. The highest BCUT2D eigenvalue weighted by molar-refractivity contribution is 5.77. The van der Waals surface area contributed by atoms with Gasteiger partial charge in [-0.25, -0.2) is 4.98 Å². The molecule has 0 radical (unpaired) electrons. The molecule has 2 N–H and O–H groups in total. The minimum absolute atomic E-state index is 0.0391. The van der Waals surface area contributed by atoms with Crippen molar-refractivity contribution in [1.82, 2.24) is 9.88 Å². The van der Waals surface area contributed by atoms with Crippen molar-refractivity contribution in [2.24, 2.45) is 0 Å². The van der Waals surface area contributed by atoms with Gasteiger partial charge in [0.15, 0.2) is 0 Å². The molecule has 8 nitrogen and oxygen atoms in total. The molecule has 0 aromatic carbocycles. The minimum atomic E-state index is -0.469. The minimum Gasteiger partial charge on any atom is -0.373 e. The van der Waals surface area contributed by atoms with Crippen molar-refractivity contribution in [1.29, 1.82) is 0 Å². The van der Waals surface area contributed by atoms with Crippen LogP contribution in [-0.2, 0) is 4.79 Å². The van der Waals surface area contributed by atoms with Gasteiger partial charge in [0.1, 0.15) is 11.6 Å². The molecule has 0 spiro atoms. The van der Waals surface area contributed by atoms with E-state index in [1.54, 1.807) is 7.05 Å². The van der Waals surface area contributed by atoms with E-state index in [0.717, 1.165) is 25.9 Å². The molecular weight excluding hydrogens is 274 g/mol. The summed E-state index contributed by atoms with van der Waals surface area (Å²) in [5.41, 5.74) is -0.0391. The summed E-state index contributed by atoms with van der Waals surface area (Å²) in [6.07, 6.45) is 2.49. The number of carbonyl (C=O) groups is 1. The van der Waals surface area contributed by atoms with E-state index in [0.29, 0.717) is 24.6 Å². The Morgan fingerprint density at radius 3 is 2.67 bits per heavy atom. The molecule has 1 aliphatic heterocycles. The molecule has 0 saturated carbocycles. The zero-order valence-corrected chi connectivity index (χ0v) is 12.0. The summed E-state index contributed by atoms with van der Waals surface area (Å²) in [5.74, 6) is 0.916. The van der Waals surface area contributed by atoms with E-state index in [1.807, 2.05) is 4.90 Å². The van der Waals surface area contributed by atoms with Gasteiger partial charge in [0.25, 0.3) is 5.69 Å². The van der Waals surface area contributed by atoms with E-state index in [-0.39, 0.29) is 11.6 Å². The number of likely N-dealkylation sites (tertiary alicyclic amines) is 1. The van der Waals surface area contributed by atoms with E-state index in [2.05, 4.69) is 15.6 Å². The molecule has 1 fully saturated rings. The highest BCUT2D eigenvalue weighted by Gasteiger charge is 2.17. The number of amides is 1. The number of carbonyl (C=O) groups excluding carboxylic acids is 1. The number of anilines is 2. The number of hydrogen-bond donors (Lipinski definition) is 2. The van der Waals surface area contributed by atoms with E-state index in [9.17, 15) is 14.9 Å². The monoisotopic (exact) mass is 293 g/mol. The summed E-state index contributed by atoms with van der Waals surface area (Å²) < 4.78 is 0. The lowest BCUT2D eigenvalue weighted by Crippen LogP contribution is -2.29. The molecule has 0 unspecified atom stereocenters. The largest absolute Gasteiger partial charge is 0.373 e. The summed E-state index contributed by atoms with van der Waals surface area (Å²) in [4.78, 5) is 28.3. The first-order valence-electron chi connectivity index (χ1n) is 6.96. The topological polar surface area (TPSA) is 100 Å². The second-order valence-electron chi connectivity index (χ2n) is 4.87. The third-order valence-electron chi connectivity index (χ3n) is 3.38. The molecule has 114 valence electrons. The van der Waals surface area contributed by atoms with Crippen molar-refractivity contribution in [3.63, 3.8) is 0 Å². The van der Waals surface area contributed by atoms with Crippen LogP contribution in [-0.4, -0.2) is 47.4 Å². The van der Waals surface area contributed by atoms with Crippen LogP contribution in [0.25, 0.3) is 0 Å². The molecule has 1 amide bonds. The van der Waals surface area contributed by atoms with Crippen LogP contribution in [0, 0.1) is 10.1 Å². The van der Waals surface area contributed by atoms with Gasteiger partial charge in [0, 0.05) is 33.1 Å². The van der Waals surface area contributed by atoms with Crippen molar-refractivity contribution in [3.05, 3.63) is 22.2 Å². The summed E-state index contributed by atoms with van der Waals surface area (Å²) in [6, 6.07) is 2.72. The lowest BCUT2D eigenvalue weighted by molar-refractivity contribution is -0.384. The molecule has 1 saturated heterocycles. The Hall–Kier alpha value is -2.38. The number of nitro groups is 1. The van der Waals surface area contributed by atoms with E-state index in [4.69, 9.17) is 0 Å². The quantitative estimate of drug-likeness (QED) is 0.608. The second kappa shape index (κ2) is 6.87. The fourth-order valence-electron chi connectivity index (χ4n) is 2.26. The van der Waals surface area contributed by atoms with Crippen LogP contribution in [0.15, 0.2) is 12.1 Å². The maximum absolute atomic E-state index is 11.9. The van der Waals surface area contributed by atoms with Gasteiger partial charge in [-0.15, -0.1) is 0 Å². The standard InChI is InChI=1S/C13H19N5O3/c1-14-11-8-10(18(20)21)9-12(16-11)15-5-4-13(19)17-6-2-3-7-17/h8-9H,2-7H2,1H3,(H2,14,15,16). The number of pyridine rings is 1. The van der Waals surface area contributed by atoms with Crippen molar-refractivity contribution in [2.75, 3.05) is 37.3 Å². The van der Waals surface area contributed by atoms with Gasteiger partial charge in [-0.3, -0.25) is 14.9 Å². The van der Waals surface area contributed by atoms with Gasteiger partial charge in [0.2, 0.25) is 5.91 Å². The first kappa shape index (κ1) is 15.0. The van der Waals surface area contributed by atoms with Crippen molar-refractivity contribution in [3.8, 4) is 0 Å². The summed E-state index contributed by atoms with van der Waals surface area (Å²) >= 11 is 0. The maximum atomic E-state index is 11.9. The molecule has 1 aromatic heterocycles. The summed E-state index contributed by atoms with van der Waals surface area (Å²) in [5, 5.41) is 16.6. The van der Waals surface area contributed by atoms with Crippen LogP contribution in [0.5, 0.6) is 0 Å². The van der Waals surface area contributed by atoms with Crippen LogP contribution in [0.1, 0.15) is 19.3 Å². The smallest absolute Gasteiger partial charge is 0.276 e. The van der Waals surface area contributed by atoms with Gasteiger partial charge < -0.3 is 15.5 Å². The Labute approximate surface area is 122 Å². The van der Waals surface area contributed by atoms with Gasteiger partial charge in [-0.2, -0.15) is 0 Å². The van der Waals surface area contributed by atoms with Gasteiger partial charge in [0.05, 0.1) is 17.1 Å². The average molecular weight is 293 g/mol. The second-order valence-corrected chi connectivity index (χ2v) is 4.87.